The lowest BCUT2D eigenvalue weighted by Gasteiger charge is -2.10. The van der Waals surface area contributed by atoms with Crippen molar-refractivity contribution in [1.29, 1.82) is 0 Å². The van der Waals surface area contributed by atoms with Gasteiger partial charge in [0.1, 0.15) is 5.75 Å². The Balaban J connectivity index is 1.49. The van der Waals surface area contributed by atoms with Crippen LogP contribution in [-0.4, -0.2) is 28.7 Å². The number of alkyl halides is 2. The average molecular weight is 494 g/mol. The van der Waals surface area contributed by atoms with Crippen molar-refractivity contribution in [3.05, 3.63) is 78.4 Å². The Kier molecular flexibility index (Phi) is 6.12. The van der Waals surface area contributed by atoms with E-state index in [4.69, 9.17) is 9.72 Å². The average Bonchev–Trinajstić information content (AvgIpc) is 3.24. The number of halogens is 2. The van der Waals surface area contributed by atoms with E-state index in [1.54, 1.807) is 31.4 Å². The number of ether oxygens (including phenoxy) is 1. The van der Waals surface area contributed by atoms with Crippen molar-refractivity contribution >= 4 is 55.3 Å². The van der Waals surface area contributed by atoms with Gasteiger partial charge in [-0.1, -0.05) is 41.3 Å². The molecule has 9 heteroatoms. The van der Waals surface area contributed by atoms with Crippen LogP contribution in [-0.2, 0) is 0 Å². The number of para-hydroxylation sites is 1. The second kappa shape index (κ2) is 9.36. The third-order valence-electron chi connectivity index (χ3n) is 5.15. The van der Waals surface area contributed by atoms with Crippen LogP contribution >= 0.6 is 23.1 Å². The molecule has 0 unspecified atom stereocenters. The van der Waals surface area contributed by atoms with E-state index in [0.29, 0.717) is 49.5 Å². The number of thiazole rings is 1. The van der Waals surface area contributed by atoms with E-state index in [0.717, 1.165) is 16.0 Å². The van der Waals surface area contributed by atoms with E-state index >= 15 is 0 Å². The van der Waals surface area contributed by atoms with Crippen molar-refractivity contribution in [3.8, 4) is 17.0 Å². The van der Waals surface area contributed by atoms with Crippen LogP contribution in [0.1, 0.15) is 10.4 Å². The van der Waals surface area contributed by atoms with Gasteiger partial charge in [0.25, 0.3) is 11.7 Å². The lowest BCUT2D eigenvalue weighted by atomic mass is 10.0. The van der Waals surface area contributed by atoms with Gasteiger partial charge in [-0.25, -0.2) is 9.97 Å². The molecule has 170 valence electrons. The molecule has 5 nitrogen and oxygen atoms in total. The van der Waals surface area contributed by atoms with Crippen molar-refractivity contribution in [1.82, 2.24) is 9.97 Å². The van der Waals surface area contributed by atoms with Gasteiger partial charge in [0, 0.05) is 15.8 Å². The van der Waals surface area contributed by atoms with E-state index < -0.39 is 5.76 Å². The molecule has 0 saturated heterocycles. The van der Waals surface area contributed by atoms with Crippen molar-refractivity contribution < 1.29 is 18.3 Å². The number of hydrogen-bond acceptors (Lipinski definition) is 6. The zero-order valence-corrected chi connectivity index (χ0v) is 19.4. The summed E-state index contributed by atoms with van der Waals surface area (Å²) in [7, 11) is 1.60. The number of thioether (sulfide) groups is 1. The molecule has 34 heavy (non-hydrogen) atoms. The van der Waals surface area contributed by atoms with E-state index in [9.17, 15) is 13.6 Å². The molecule has 5 aromatic rings. The number of anilines is 1. The Morgan fingerprint density at radius 3 is 2.56 bits per heavy atom. The number of amides is 1. The zero-order valence-electron chi connectivity index (χ0n) is 17.8. The van der Waals surface area contributed by atoms with E-state index in [2.05, 4.69) is 10.3 Å². The van der Waals surface area contributed by atoms with Crippen LogP contribution < -0.4 is 10.1 Å². The molecule has 0 spiro atoms. The highest BCUT2D eigenvalue weighted by Gasteiger charge is 2.16. The molecular formula is C25H17F2N3O2S2. The number of benzene rings is 3. The minimum atomic E-state index is -2.50. The lowest BCUT2D eigenvalue weighted by molar-refractivity contribution is 0.102. The van der Waals surface area contributed by atoms with Crippen LogP contribution in [0.2, 0.25) is 0 Å². The number of aromatic nitrogens is 2. The molecule has 1 N–H and O–H groups in total. The number of nitrogens with one attached hydrogen (secondary N) is 1. The number of methoxy groups -OCH3 is 1. The minimum Gasteiger partial charge on any atom is -0.497 e. The number of rotatable bonds is 6. The van der Waals surface area contributed by atoms with E-state index in [1.165, 1.54) is 11.3 Å². The highest BCUT2D eigenvalue weighted by molar-refractivity contribution is 7.99. The molecule has 2 aromatic heterocycles. The second-order valence-corrected chi connectivity index (χ2v) is 9.38. The first kappa shape index (κ1) is 22.2. The highest BCUT2D eigenvalue weighted by Crippen LogP contribution is 2.33. The highest BCUT2D eigenvalue weighted by atomic mass is 32.2. The Labute approximate surface area is 201 Å². The molecule has 5 rings (SSSR count). The standard InChI is InChI=1S/C25H17F2N3O2S2/c1-32-15-8-6-14(7-9-15)21-13-18(17-4-2-3-5-19(17)28-21)23(31)30-25-29-20-11-10-16(33-24(26)27)12-22(20)34-25/h2-13,24H,1H3,(H,29,30,31). The summed E-state index contributed by atoms with van der Waals surface area (Å²) >= 11 is 1.72. The van der Waals surface area contributed by atoms with Crippen molar-refractivity contribution in [3.63, 3.8) is 0 Å². The summed E-state index contributed by atoms with van der Waals surface area (Å²) in [5.41, 5.74) is 3.30. The third-order valence-corrected chi connectivity index (χ3v) is 6.79. The first-order valence-electron chi connectivity index (χ1n) is 10.2. The molecule has 0 radical (unpaired) electrons. The fourth-order valence-corrected chi connectivity index (χ4v) is 5.08. The molecule has 0 saturated carbocycles. The lowest BCUT2D eigenvalue weighted by Crippen LogP contribution is -2.13. The minimum absolute atomic E-state index is 0.324. The summed E-state index contributed by atoms with van der Waals surface area (Å²) in [4.78, 5) is 22.9. The molecule has 0 aliphatic rings. The number of nitrogens with zero attached hydrogens (tertiary/aromatic N) is 2. The van der Waals surface area contributed by atoms with Crippen molar-refractivity contribution in [2.24, 2.45) is 0 Å². The Hall–Kier alpha value is -3.56. The Morgan fingerprint density at radius 1 is 1.00 bits per heavy atom. The molecule has 0 aliphatic carbocycles. The normalized spacial score (nSPS) is 11.3. The van der Waals surface area contributed by atoms with Gasteiger partial charge in [0.15, 0.2) is 5.13 Å². The summed E-state index contributed by atoms with van der Waals surface area (Å²) in [6, 6.07) is 21.6. The van der Waals surface area contributed by atoms with Gasteiger partial charge in [-0.05, 0) is 54.6 Å². The van der Waals surface area contributed by atoms with Crippen LogP contribution in [0.4, 0.5) is 13.9 Å². The van der Waals surface area contributed by atoms with Crippen LogP contribution in [0.25, 0.3) is 32.4 Å². The number of hydrogen-bond donors (Lipinski definition) is 1. The van der Waals surface area contributed by atoms with Gasteiger partial charge in [0.05, 0.1) is 34.1 Å². The molecule has 0 atom stereocenters. The fourth-order valence-electron chi connectivity index (χ4n) is 3.57. The van der Waals surface area contributed by atoms with Crippen molar-refractivity contribution in [2.75, 3.05) is 12.4 Å². The van der Waals surface area contributed by atoms with E-state index in [-0.39, 0.29) is 5.91 Å². The van der Waals surface area contributed by atoms with Gasteiger partial charge in [-0.2, -0.15) is 8.78 Å². The quantitative estimate of drug-likeness (QED) is 0.256. The molecule has 1 amide bonds. The van der Waals surface area contributed by atoms with Gasteiger partial charge in [-0.15, -0.1) is 0 Å². The number of carbonyl (C=O) groups is 1. The van der Waals surface area contributed by atoms with Gasteiger partial charge in [-0.3, -0.25) is 10.1 Å². The summed E-state index contributed by atoms with van der Waals surface area (Å²) in [5.74, 6) is -2.09. The first-order chi connectivity index (χ1) is 16.5. The predicted molar refractivity (Wildman–Crippen MR) is 133 cm³/mol. The first-order valence-corrected chi connectivity index (χ1v) is 11.9. The van der Waals surface area contributed by atoms with Crippen LogP contribution in [0, 0.1) is 0 Å². The fraction of sp³-hybridized carbons (Fsp3) is 0.0800. The smallest absolute Gasteiger partial charge is 0.288 e. The number of pyridine rings is 1. The maximum Gasteiger partial charge on any atom is 0.288 e. The van der Waals surface area contributed by atoms with Crippen LogP contribution in [0.5, 0.6) is 5.75 Å². The summed E-state index contributed by atoms with van der Waals surface area (Å²) in [6.07, 6.45) is 0. The third kappa shape index (κ3) is 4.57. The molecule has 0 bridgehead atoms. The Bertz CT molecular complexity index is 1500. The maximum atomic E-state index is 13.3. The van der Waals surface area contributed by atoms with Gasteiger partial charge in [0.2, 0.25) is 0 Å². The largest absolute Gasteiger partial charge is 0.497 e. The summed E-state index contributed by atoms with van der Waals surface area (Å²) in [5, 5.41) is 3.97. The molecule has 0 aliphatic heterocycles. The van der Waals surface area contributed by atoms with Gasteiger partial charge < -0.3 is 4.74 Å². The SMILES string of the molecule is COc1ccc(-c2cc(C(=O)Nc3nc4ccc(SC(F)F)cc4s3)c3ccccc3n2)cc1. The molecule has 3 aromatic carbocycles. The predicted octanol–water partition coefficient (Wildman–Crippen LogP) is 7.09. The summed E-state index contributed by atoms with van der Waals surface area (Å²) < 4.78 is 31.3. The van der Waals surface area contributed by atoms with Crippen molar-refractivity contribution in [2.45, 2.75) is 10.7 Å². The monoisotopic (exact) mass is 493 g/mol. The number of carbonyl (C=O) groups excluding carboxylic acids is 1. The van der Waals surface area contributed by atoms with Crippen LogP contribution in [0.3, 0.4) is 0 Å². The second-order valence-electron chi connectivity index (χ2n) is 7.28. The maximum absolute atomic E-state index is 13.3. The topological polar surface area (TPSA) is 64.1 Å². The van der Waals surface area contributed by atoms with E-state index in [1.807, 2.05) is 48.5 Å². The van der Waals surface area contributed by atoms with Gasteiger partial charge >= 0.3 is 0 Å². The summed E-state index contributed by atoms with van der Waals surface area (Å²) in [6.45, 7) is 0. The Morgan fingerprint density at radius 2 is 1.79 bits per heavy atom. The number of fused-ring (bicyclic) bond motifs is 2. The molecule has 2 heterocycles. The molecule has 0 fully saturated rings. The zero-order chi connectivity index (χ0) is 23.7. The molecular weight excluding hydrogens is 476 g/mol. The van der Waals surface area contributed by atoms with Crippen LogP contribution in [0.15, 0.2) is 77.7 Å².